The number of para-hydroxylation sites is 1. The molecule has 1 amide bonds. The number of carbonyl (C=O) groups excluding carboxylic acids is 2. The topological polar surface area (TPSA) is 62.0 Å². The lowest BCUT2D eigenvalue weighted by molar-refractivity contribution is -0.124. The van der Waals surface area contributed by atoms with Crippen LogP contribution in [0.25, 0.3) is 10.9 Å². The monoisotopic (exact) mass is 370 g/mol. The van der Waals surface area contributed by atoms with Gasteiger partial charge < -0.3 is 15.1 Å². The maximum Gasteiger partial charge on any atom is 0.220 e. The highest BCUT2D eigenvalue weighted by atomic mass is 16.2. The zero-order valence-corrected chi connectivity index (χ0v) is 16.6. The van der Waals surface area contributed by atoms with Gasteiger partial charge in [0.15, 0.2) is 0 Å². The number of aromatic nitrogens is 1. The molecule has 0 radical (unpaired) electrons. The molecule has 4 nitrogen and oxygen atoms in total. The van der Waals surface area contributed by atoms with E-state index in [0.29, 0.717) is 12.8 Å². The van der Waals surface area contributed by atoms with Gasteiger partial charge in [0.1, 0.15) is 6.29 Å². The summed E-state index contributed by atoms with van der Waals surface area (Å²) in [5.41, 5.74) is 2.12. The largest absolute Gasteiger partial charge is 0.361 e. The van der Waals surface area contributed by atoms with Gasteiger partial charge in [0.2, 0.25) is 5.91 Å². The Balaban J connectivity index is 1.63. The number of fused-ring (bicyclic) bond motifs is 1. The number of aromatic amines is 1. The summed E-state index contributed by atoms with van der Waals surface area (Å²) >= 11 is 0. The Morgan fingerprint density at radius 2 is 1.70 bits per heavy atom. The van der Waals surface area contributed by atoms with Crippen molar-refractivity contribution in [2.75, 3.05) is 0 Å². The lowest BCUT2D eigenvalue weighted by atomic mass is 10.0. The molecule has 0 bridgehead atoms. The van der Waals surface area contributed by atoms with E-state index in [1.165, 1.54) is 44.9 Å². The number of rotatable bonds is 14. The van der Waals surface area contributed by atoms with Crippen LogP contribution in [0.2, 0.25) is 0 Å². The predicted octanol–water partition coefficient (Wildman–Crippen LogP) is 5.32. The van der Waals surface area contributed by atoms with Crippen molar-refractivity contribution < 1.29 is 9.59 Å². The van der Waals surface area contributed by atoms with E-state index >= 15 is 0 Å². The van der Waals surface area contributed by atoms with Crippen LogP contribution >= 0.6 is 0 Å². The Morgan fingerprint density at radius 1 is 1.04 bits per heavy atom. The van der Waals surface area contributed by atoms with Crippen LogP contribution in [0.3, 0.4) is 0 Å². The van der Waals surface area contributed by atoms with E-state index in [1.807, 2.05) is 30.5 Å². The molecule has 27 heavy (non-hydrogen) atoms. The van der Waals surface area contributed by atoms with Crippen molar-refractivity contribution in [3.8, 4) is 0 Å². The zero-order chi connectivity index (χ0) is 19.3. The van der Waals surface area contributed by atoms with Crippen molar-refractivity contribution in [1.82, 2.24) is 10.3 Å². The van der Waals surface area contributed by atoms with E-state index in [9.17, 15) is 9.59 Å². The molecule has 148 valence electrons. The summed E-state index contributed by atoms with van der Waals surface area (Å²) in [5, 5.41) is 3.98. The lowest BCUT2D eigenvalue weighted by Crippen LogP contribution is -2.37. The van der Waals surface area contributed by atoms with Gasteiger partial charge in [0, 0.05) is 29.9 Å². The highest BCUT2D eigenvalue weighted by molar-refractivity contribution is 5.84. The number of aldehydes is 1. The van der Waals surface area contributed by atoms with Crippen LogP contribution in [0, 0.1) is 0 Å². The van der Waals surface area contributed by atoms with Gasteiger partial charge in [-0.25, -0.2) is 0 Å². The van der Waals surface area contributed by atoms with E-state index in [0.717, 1.165) is 35.6 Å². The minimum absolute atomic E-state index is 0.0186. The van der Waals surface area contributed by atoms with Crippen molar-refractivity contribution in [3.63, 3.8) is 0 Å². The minimum atomic E-state index is -0.463. The Hall–Kier alpha value is -2.10. The van der Waals surface area contributed by atoms with Crippen LogP contribution in [0.1, 0.15) is 76.7 Å². The van der Waals surface area contributed by atoms with Crippen molar-refractivity contribution in [2.45, 2.75) is 83.6 Å². The first-order valence-corrected chi connectivity index (χ1v) is 10.5. The number of hydrogen-bond acceptors (Lipinski definition) is 2. The third kappa shape index (κ3) is 7.58. The summed E-state index contributed by atoms with van der Waals surface area (Å²) < 4.78 is 0. The fraction of sp³-hybridized carbons (Fsp3) is 0.565. The molecule has 0 spiro atoms. The molecular formula is C23H34N2O2. The second-order valence-electron chi connectivity index (χ2n) is 7.45. The van der Waals surface area contributed by atoms with Crippen molar-refractivity contribution in [3.05, 3.63) is 36.0 Å². The molecule has 0 fully saturated rings. The molecule has 1 heterocycles. The average Bonchev–Trinajstić information content (AvgIpc) is 3.09. The van der Waals surface area contributed by atoms with E-state index in [-0.39, 0.29) is 5.91 Å². The van der Waals surface area contributed by atoms with Gasteiger partial charge >= 0.3 is 0 Å². The molecule has 2 rings (SSSR count). The Kier molecular flexibility index (Phi) is 9.67. The smallest absolute Gasteiger partial charge is 0.220 e. The predicted molar refractivity (Wildman–Crippen MR) is 112 cm³/mol. The summed E-state index contributed by atoms with van der Waals surface area (Å²) in [5.74, 6) is -0.0186. The number of carbonyl (C=O) groups is 2. The lowest BCUT2D eigenvalue weighted by Gasteiger charge is -2.12. The van der Waals surface area contributed by atoms with E-state index in [1.54, 1.807) is 0 Å². The summed E-state index contributed by atoms with van der Waals surface area (Å²) in [6.45, 7) is 2.24. The van der Waals surface area contributed by atoms with Gasteiger partial charge in [0.25, 0.3) is 0 Å². The Bertz CT molecular complexity index is 692. The standard InChI is InChI=1S/C23H34N2O2/c1-2-3-4-5-6-7-8-9-10-15-23(27)25-20(18-26)16-19-17-24-22-14-12-11-13-21(19)22/h11-14,17-18,20,24H,2-10,15-16H2,1H3,(H,25,27)/t20-/m0/s1. The molecular weight excluding hydrogens is 336 g/mol. The number of amides is 1. The fourth-order valence-corrected chi connectivity index (χ4v) is 3.55. The van der Waals surface area contributed by atoms with Crippen molar-refractivity contribution in [2.24, 2.45) is 0 Å². The summed E-state index contributed by atoms with van der Waals surface area (Å²) in [6, 6.07) is 7.55. The van der Waals surface area contributed by atoms with E-state index in [4.69, 9.17) is 0 Å². The van der Waals surface area contributed by atoms with Gasteiger partial charge in [-0.15, -0.1) is 0 Å². The van der Waals surface area contributed by atoms with Gasteiger partial charge in [0.05, 0.1) is 6.04 Å². The van der Waals surface area contributed by atoms with E-state index < -0.39 is 6.04 Å². The van der Waals surface area contributed by atoms with Gasteiger partial charge in [-0.1, -0.05) is 76.5 Å². The molecule has 1 aromatic heterocycles. The second-order valence-corrected chi connectivity index (χ2v) is 7.45. The fourth-order valence-electron chi connectivity index (χ4n) is 3.55. The first-order valence-electron chi connectivity index (χ1n) is 10.5. The highest BCUT2D eigenvalue weighted by Crippen LogP contribution is 2.19. The summed E-state index contributed by atoms with van der Waals surface area (Å²) in [7, 11) is 0. The van der Waals surface area contributed by atoms with Crippen LogP contribution in [0.4, 0.5) is 0 Å². The molecule has 1 aromatic carbocycles. The molecule has 0 saturated heterocycles. The first-order chi connectivity index (χ1) is 13.2. The molecule has 4 heteroatoms. The molecule has 0 aliphatic heterocycles. The number of hydrogen-bond donors (Lipinski definition) is 2. The van der Waals surface area contributed by atoms with Crippen molar-refractivity contribution in [1.29, 1.82) is 0 Å². The maximum absolute atomic E-state index is 12.1. The first kappa shape index (κ1) is 21.2. The van der Waals surface area contributed by atoms with Crippen LogP contribution in [-0.4, -0.2) is 23.2 Å². The number of unbranched alkanes of at least 4 members (excludes halogenated alkanes) is 8. The van der Waals surface area contributed by atoms with Crippen LogP contribution in [0.5, 0.6) is 0 Å². The molecule has 2 aromatic rings. The average molecular weight is 371 g/mol. The van der Waals surface area contributed by atoms with Crippen LogP contribution in [-0.2, 0) is 16.0 Å². The molecule has 0 aliphatic rings. The second kappa shape index (κ2) is 12.3. The van der Waals surface area contributed by atoms with E-state index in [2.05, 4.69) is 17.2 Å². The Labute approximate surface area is 163 Å². The highest BCUT2D eigenvalue weighted by Gasteiger charge is 2.14. The number of benzene rings is 1. The molecule has 0 aliphatic carbocycles. The molecule has 0 unspecified atom stereocenters. The SMILES string of the molecule is CCCCCCCCCCCC(=O)N[C@H](C=O)Cc1c[nH]c2ccccc12. The Morgan fingerprint density at radius 3 is 2.41 bits per heavy atom. The normalized spacial score (nSPS) is 12.2. The number of nitrogens with one attached hydrogen (secondary N) is 2. The zero-order valence-electron chi connectivity index (χ0n) is 16.6. The number of H-pyrrole nitrogens is 1. The van der Waals surface area contributed by atoms with Crippen molar-refractivity contribution >= 4 is 23.1 Å². The van der Waals surface area contributed by atoms with Crippen LogP contribution in [0.15, 0.2) is 30.5 Å². The minimum Gasteiger partial charge on any atom is -0.361 e. The van der Waals surface area contributed by atoms with Gasteiger partial charge in [-0.05, 0) is 18.1 Å². The summed E-state index contributed by atoms with van der Waals surface area (Å²) in [4.78, 5) is 26.7. The summed E-state index contributed by atoms with van der Waals surface area (Å²) in [6.07, 6.45) is 14.9. The third-order valence-corrected chi connectivity index (χ3v) is 5.13. The molecule has 1 atom stereocenters. The molecule has 0 saturated carbocycles. The molecule has 2 N–H and O–H groups in total. The quantitative estimate of drug-likeness (QED) is 0.349. The van der Waals surface area contributed by atoms with Gasteiger partial charge in [-0.3, -0.25) is 4.79 Å². The third-order valence-electron chi connectivity index (χ3n) is 5.13. The maximum atomic E-state index is 12.1. The van der Waals surface area contributed by atoms with Gasteiger partial charge in [-0.2, -0.15) is 0 Å². The van der Waals surface area contributed by atoms with Crippen LogP contribution < -0.4 is 5.32 Å².